The first-order valence-corrected chi connectivity index (χ1v) is 7.50. The Kier molecular flexibility index (Phi) is 5.25. The molecule has 0 saturated heterocycles. The number of ether oxygens (including phenoxy) is 1. The summed E-state index contributed by atoms with van der Waals surface area (Å²) < 4.78 is 5.97. The van der Waals surface area contributed by atoms with Gasteiger partial charge in [0.05, 0.1) is 13.2 Å². The Balaban J connectivity index is 2.29. The third-order valence-corrected chi connectivity index (χ3v) is 4.79. The van der Waals surface area contributed by atoms with Crippen LogP contribution in [0.15, 0.2) is 0 Å². The predicted octanol–water partition coefficient (Wildman–Crippen LogP) is 3.85. The molecule has 0 aliphatic heterocycles. The van der Waals surface area contributed by atoms with Crippen LogP contribution in [0.25, 0.3) is 0 Å². The maximum Gasteiger partial charge on any atom is 0.0519 e. The second kappa shape index (κ2) is 5.92. The molecule has 0 aromatic rings. The predicted molar refractivity (Wildman–Crippen MR) is 78.8 cm³/mol. The van der Waals surface area contributed by atoms with Gasteiger partial charge in [-0.15, -0.1) is 0 Å². The second-order valence-electron chi connectivity index (χ2n) is 7.70. The van der Waals surface area contributed by atoms with Gasteiger partial charge in [0.1, 0.15) is 0 Å². The zero-order valence-electron chi connectivity index (χ0n) is 13.5. The Morgan fingerprint density at radius 3 is 2.11 bits per heavy atom. The van der Waals surface area contributed by atoms with Crippen LogP contribution in [0.3, 0.4) is 0 Å². The van der Waals surface area contributed by atoms with E-state index in [-0.39, 0.29) is 11.0 Å². The molecule has 2 nitrogen and oxygen atoms in total. The summed E-state index contributed by atoms with van der Waals surface area (Å²) in [5.41, 5.74) is 0.455. The molecule has 0 spiro atoms. The largest absolute Gasteiger partial charge is 0.381 e. The fourth-order valence-electron chi connectivity index (χ4n) is 1.77. The standard InChI is InChI=1S/C16H33NO/c1-12(2)15(4,5)11-18-10-13(3)16(6,7)17-14-8-9-14/h12-14,17H,8-11H2,1-7H3. The Morgan fingerprint density at radius 2 is 1.67 bits per heavy atom. The lowest BCUT2D eigenvalue weighted by Gasteiger charge is -2.35. The van der Waals surface area contributed by atoms with Crippen LogP contribution >= 0.6 is 0 Å². The molecule has 1 rings (SSSR count). The minimum Gasteiger partial charge on any atom is -0.381 e. The maximum absolute atomic E-state index is 5.97. The van der Waals surface area contributed by atoms with Gasteiger partial charge in [-0.05, 0) is 43.9 Å². The normalized spacial score (nSPS) is 19.3. The van der Waals surface area contributed by atoms with Crippen LogP contribution in [0.4, 0.5) is 0 Å². The number of hydrogen-bond donors (Lipinski definition) is 1. The zero-order valence-corrected chi connectivity index (χ0v) is 13.5. The van der Waals surface area contributed by atoms with Crippen molar-refractivity contribution in [3.8, 4) is 0 Å². The molecule has 1 atom stereocenters. The van der Waals surface area contributed by atoms with E-state index in [1.54, 1.807) is 0 Å². The van der Waals surface area contributed by atoms with Gasteiger partial charge in [-0.25, -0.2) is 0 Å². The van der Waals surface area contributed by atoms with Crippen molar-refractivity contribution < 1.29 is 4.74 Å². The van der Waals surface area contributed by atoms with E-state index in [1.807, 2.05) is 0 Å². The van der Waals surface area contributed by atoms with Gasteiger partial charge in [-0.3, -0.25) is 0 Å². The fraction of sp³-hybridized carbons (Fsp3) is 1.00. The fourth-order valence-corrected chi connectivity index (χ4v) is 1.77. The highest BCUT2D eigenvalue weighted by Gasteiger charge is 2.33. The lowest BCUT2D eigenvalue weighted by molar-refractivity contribution is 0.00748. The van der Waals surface area contributed by atoms with Gasteiger partial charge in [0, 0.05) is 11.6 Å². The molecule has 0 amide bonds. The third-order valence-electron chi connectivity index (χ3n) is 4.79. The summed E-state index contributed by atoms with van der Waals surface area (Å²) in [6.45, 7) is 17.7. The minimum atomic E-state index is 0.184. The van der Waals surface area contributed by atoms with Gasteiger partial charge in [0.15, 0.2) is 0 Å². The number of rotatable bonds is 8. The lowest BCUT2D eigenvalue weighted by Crippen LogP contribution is -2.48. The van der Waals surface area contributed by atoms with Crippen LogP contribution in [0, 0.1) is 17.3 Å². The van der Waals surface area contributed by atoms with Crippen molar-refractivity contribution in [2.45, 2.75) is 72.9 Å². The molecule has 0 aromatic heterocycles. The van der Waals surface area contributed by atoms with Gasteiger partial charge in [-0.2, -0.15) is 0 Å². The van der Waals surface area contributed by atoms with Crippen LogP contribution in [0.1, 0.15) is 61.3 Å². The Labute approximate surface area is 114 Å². The maximum atomic E-state index is 5.97. The molecule has 1 fully saturated rings. The van der Waals surface area contributed by atoms with Crippen molar-refractivity contribution in [1.82, 2.24) is 5.32 Å². The van der Waals surface area contributed by atoms with Crippen molar-refractivity contribution in [2.75, 3.05) is 13.2 Å². The molecule has 1 saturated carbocycles. The van der Waals surface area contributed by atoms with E-state index in [0.717, 1.165) is 19.3 Å². The highest BCUT2D eigenvalue weighted by molar-refractivity contribution is 4.92. The first kappa shape index (κ1) is 16.0. The van der Waals surface area contributed by atoms with E-state index in [9.17, 15) is 0 Å². The summed E-state index contributed by atoms with van der Waals surface area (Å²) in [4.78, 5) is 0. The molecule has 0 bridgehead atoms. The van der Waals surface area contributed by atoms with Crippen LogP contribution in [-0.2, 0) is 4.74 Å². The lowest BCUT2D eigenvalue weighted by atomic mass is 9.82. The van der Waals surface area contributed by atoms with Crippen molar-refractivity contribution in [1.29, 1.82) is 0 Å². The van der Waals surface area contributed by atoms with E-state index < -0.39 is 0 Å². The van der Waals surface area contributed by atoms with Crippen LogP contribution < -0.4 is 5.32 Å². The summed E-state index contributed by atoms with van der Waals surface area (Å²) in [6.07, 6.45) is 2.69. The molecule has 0 heterocycles. The van der Waals surface area contributed by atoms with E-state index in [0.29, 0.717) is 11.8 Å². The smallest absolute Gasteiger partial charge is 0.0519 e. The van der Waals surface area contributed by atoms with Crippen molar-refractivity contribution in [3.63, 3.8) is 0 Å². The molecule has 1 N–H and O–H groups in total. The first-order chi connectivity index (χ1) is 8.15. The minimum absolute atomic E-state index is 0.184. The average molecular weight is 255 g/mol. The Bertz CT molecular complexity index is 254. The topological polar surface area (TPSA) is 21.3 Å². The van der Waals surface area contributed by atoms with Crippen LogP contribution in [0.5, 0.6) is 0 Å². The monoisotopic (exact) mass is 255 g/mol. The van der Waals surface area contributed by atoms with E-state index >= 15 is 0 Å². The van der Waals surface area contributed by atoms with Gasteiger partial charge in [-0.1, -0.05) is 34.6 Å². The summed E-state index contributed by atoms with van der Waals surface area (Å²) in [5.74, 6) is 1.20. The van der Waals surface area contributed by atoms with Gasteiger partial charge >= 0.3 is 0 Å². The highest BCUT2D eigenvalue weighted by atomic mass is 16.5. The van der Waals surface area contributed by atoms with E-state index in [1.165, 1.54) is 12.8 Å². The molecular weight excluding hydrogens is 222 g/mol. The summed E-state index contributed by atoms with van der Waals surface area (Å²) in [5, 5.41) is 3.72. The summed E-state index contributed by atoms with van der Waals surface area (Å²) in [6, 6.07) is 0.759. The van der Waals surface area contributed by atoms with Crippen molar-refractivity contribution >= 4 is 0 Å². The molecular formula is C16H33NO. The van der Waals surface area contributed by atoms with Gasteiger partial charge in [0.25, 0.3) is 0 Å². The molecule has 1 aliphatic rings. The summed E-state index contributed by atoms with van der Waals surface area (Å²) >= 11 is 0. The summed E-state index contributed by atoms with van der Waals surface area (Å²) in [7, 11) is 0. The average Bonchev–Trinajstić information content (AvgIpc) is 3.00. The van der Waals surface area contributed by atoms with Crippen molar-refractivity contribution in [2.24, 2.45) is 17.3 Å². The Hall–Kier alpha value is -0.0800. The molecule has 2 heteroatoms. The molecule has 0 radical (unpaired) electrons. The first-order valence-electron chi connectivity index (χ1n) is 7.50. The molecule has 0 aromatic carbocycles. The zero-order chi connectivity index (χ0) is 14.0. The van der Waals surface area contributed by atoms with Crippen LogP contribution in [0.2, 0.25) is 0 Å². The van der Waals surface area contributed by atoms with Crippen LogP contribution in [-0.4, -0.2) is 24.8 Å². The van der Waals surface area contributed by atoms with E-state index in [2.05, 4.69) is 53.8 Å². The number of nitrogens with one attached hydrogen (secondary N) is 1. The SMILES string of the molecule is CC(C)C(C)(C)COCC(C)C(C)(C)NC1CC1. The third kappa shape index (κ3) is 4.89. The second-order valence-corrected chi connectivity index (χ2v) is 7.70. The molecule has 18 heavy (non-hydrogen) atoms. The highest BCUT2D eigenvalue weighted by Crippen LogP contribution is 2.28. The quantitative estimate of drug-likeness (QED) is 0.711. The number of hydrogen-bond acceptors (Lipinski definition) is 2. The molecule has 108 valence electrons. The Morgan fingerprint density at radius 1 is 1.11 bits per heavy atom. The molecule has 1 aliphatic carbocycles. The van der Waals surface area contributed by atoms with Gasteiger partial charge < -0.3 is 10.1 Å². The van der Waals surface area contributed by atoms with Crippen molar-refractivity contribution in [3.05, 3.63) is 0 Å². The van der Waals surface area contributed by atoms with E-state index in [4.69, 9.17) is 4.74 Å². The van der Waals surface area contributed by atoms with Gasteiger partial charge in [0.2, 0.25) is 0 Å². The molecule has 1 unspecified atom stereocenters.